The Labute approximate surface area is 175 Å². The molecular formula is C22H27N3O5. The number of ether oxygens (including phenoxy) is 2. The minimum atomic E-state index is -0.332. The lowest BCUT2D eigenvalue weighted by Gasteiger charge is -2.11. The first kappa shape index (κ1) is 22.7. The predicted molar refractivity (Wildman–Crippen MR) is 114 cm³/mol. The molecule has 2 aromatic rings. The maximum Gasteiger partial charge on any atom is 0.262 e. The van der Waals surface area contributed by atoms with E-state index in [1.165, 1.54) is 0 Å². The minimum Gasteiger partial charge on any atom is -0.493 e. The zero-order valence-corrected chi connectivity index (χ0v) is 17.4. The van der Waals surface area contributed by atoms with E-state index in [4.69, 9.17) is 9.47 Å². The van der Waals surface area contributed by atoms with Crippen LogP contribution in [0.1, 0.15) is 29.3 Å². The molecule has 0 fully saturated rings. The van der Waals surface area contributed by atoms with Crippen molar-refractivity contribution in [3.05, 3.63) is 53.6 Å². The fourth-order valence-corrected chi connectivity index (χ4v) is 2.54. The van der Waals surface area contributed by atoms with Gasteiger partial charge in [0.25, 0.3) is 11.8 Å². The lowest BCUT2D eigenvalue weighted by atomic mass is 10.2. The normalized spacial score (nSPS) is 10.1. The fraction of sp³-hybridized carbons (Fsp3) is 0.318. The molecule has 0 bridgehead atoms. The molecule has 0 aliphatic carbocycles. The summed E-state index contributed by atoms with van der Waals surface area (Å²) in [5, 5.41) is 8.12. The van der Waals surface area contributed by atoms with E-state index < -0.39 is 0 Å². The smallest absolute Gasteiger partial charge is 0.262 e. The number of benzene rings is 2. The van der Waals surface area contributed by atoms with E-state index in [9.17, 15) is 14.4 Å². The summed E-state index contributed by atoms with van der Waals surface area (Å²) in [6, 6.07) is 11.9. The van der Waals surface area contributed by atoms with Crippen molar-refractivity contribution in [3.63, 3.8) is 0 Å². The summed E-state index contributed by atoms with van der Waals surface area (Å²) in [5.74, 6) is 0.400. The summed E-state index contributed by atoms with van der Waals surface area (Å²) in [6.45, 7) is 4.24. The van der Waals surface area contributed by atoms with Crippen LogP contribution >= 0.6 is 0 Å². The maximum atomic E-state index is 12.1. The molecule has 8 nitrogen and oxygen atoms in total. The third kappa shape index (κ3) is 7.12. The molecule has 2 rings (SSSR count). The molecule has 0 saturated carbocycles. The van der Waals surface area contributed by atoms with Crippen LogP contribution in [0.5, 0.6) is 11.5 Å². The third-order valence-corrected chi connectivity index (χ3v) is 4.16. The zero-order valence-electron chi connectivity index (χ0n) is 17.4. The minimum absolute atomic E-state index is 0.0610. The predicted octanol–water partition coefficient (Wildman–Crippen LogP) is 2.28. The molecular weight excluding hydrogens is 386 g/mol. The Kier molecular flexibility index (Phi) is 8.68. The van der Waals surface area contributed by atoms with Gasteiger partial charge in [-0.05, 0) is 48.9 Å². The first-order valence-corrected chi connectivity index (χ1v) is 9.65. The highest BCUT2D eigenvalue weighted by Gasteiger charge is 2.09. The van der Waals surface area contributed by atoms with Gasteiger partial charge < -0.3 is 25.4 Å². The van der Waals surface area contributed by atoms with E-state index in [2.05, 4.69) is 16.0 Å². The van der Waals surface area contributed by atoms with Crippen LogP contribution in [-0.4, -0.2) is 44.5 Å². The molecule has 0 aliphatic heterocycles. The summed E-state index contributed by atoms with van der Waals surface area (Å²) < 4.78 is 10.8. The van der Waals surface area contributed by atoms with Crippen molar-refractivity contribution < 1.29 is 23.9 Å². The van der Waals surface area contributed by atoms with Gasteiger partial charge >= 0.3 is 0 Å². The fourth-order valence-electron chi connectivity index (χ4n) is 2.54. The number of nitrogens with one attached hydrogen (secondary N) is 3. The summed E-state index contributed by atoms with van der Waals surface area (Å²) >= 11 is 0. The van der Waals surface area contributed by atoms with Gasteiger partial charge in [0.1, 0.15) is 0 Å². The second-order valence-corrected chi connectivity index (χ2v) is 6.53. The van der Waals surface area contributed by atoms with Crippen molar-refractivity contribution in [1.82, 2.24) is 10.6 Å². The number of anilines is 1. The molecule has 2 aromatic carbocycles. The Balaban J connectivity index is 1.80. The molecule has 30 heavy (non-hydrogen) atoms. The monoisotopic (exact) mass is 413 g/mol. The SMILES string of the molecule is CCC(=O)NCCNC(=O)c1ccc(NC(=O)COc2ccc(C)cc2OC)cc1. The quantitative estimate of drug-likeness (QED) is 0.518. The summed E-state index contributed by atoms with van der Waals surface area (Å²) in [6.07, 6.45) is 0.407. The van der Waals surface area contributed by atoms with Crippen LogP contribution in [0.15, 0.2) is 42.5 Å². The van der Waals surface area contributed by atoms with Crippen LogP contribution < -0.4 is 25.4 Å². The first-order valence-electron chi connectivity index (χ1n) is 9.65. The number of amides is 3. The highest BCUT2D eigenvalue weighted by Crippen LogP contribution is 2.27. The molecule has 0 heterocycles. The lowest BCUT2D eigenvalue weighted by molar-refractivity contribution is -0.120. The average molecular weight is 413 g/mol. The van der Waals surface area contributed by atoms with E-state index >= 15 is 0 Å². The Morgan fingerprint density at radius 3 is 2.27 bits per heavy atom. The van der Waals surface area contributed by atoms with Gasteiger partial charge in [0.05, 0.1) is 7.11 Å². The average Bonchev–Trinajstić information content (AvgIpc) is 2.75. The van der Waals surface area contributed by atoms with Gasteiger partial charge in [0.2, 0.25) is 5.91 Å². The number of carbonyl (C=O) groups excluding carboxylic acids is 3. The van der Waals surface area contributed by atoms with Crippen LogP contribution in [0, 0.1) is 6.92 Å². The topological polar surface area (TPSA) is 106 Å². The van der Waals surface area contributed by atoms with Crippen molar-refractivity contribution in [3.8, 4) is 11.5 Å². The number of hydrogen-bond acceptors (Lipinski definition) is 5. The Morgan fingerprint density at radius 1 is 0.900 bits per heavy atom. The largest absolute Gasteiger partial charge is 0.493 e. The van der Waals surface area contributed by atoms with Crippen molar-refractivity contribution in [1.29, 1.82) is 0 Å². The Morgan fingerprint density at radius 2 is 1.60 bits per heavy atom. The first-order chi connectivity index (χ1) is 14.4. The number of carbonyl (C=O) groups is 3. The Bertz CT molecular complexity index is 881. The highest BCUT2D eigenvalue weighted by molar-refractivity contribution is 5.96. The van der Waals surface area contributed by atoms with Crippen LogP contribution in [0.2, 0.25) is 0 Å². The van der Waals surface area contributed by atoms with Gasteiger partial charge in [0.15, 0.2) is 18.1 Å². The molecule has 0 saturated heterocycles. The van der Waals surface area contributed by atoms with Crippen LogP contribution in [0.4, 0.5) is 5.69 Å². The molecule has 3 N–H and O–H groups in total. The second-order valence-electron chi connectivity index (χ2n) is 6.53. The molecule has 0 aliphatic rings. The van der Waals surface area contributed by atoms with E-state index in [-0.39, 0.29) is 24.3 Å². The summed E-state index contributed by atoms with van der Waals surface area (Å²) in [5.41, 5.74) is 2.03. The van der Waals surface area contributed by atoms with E-state index in [0.29, 0.717) is 42.3 Å². The van der Waals surface area contributed by atoms with Crippen molar-refractivity contribution >= 4 is 23.4 Å². The van der Waals surface area contributed by atoms with E-state index in [1.807, 2.05) is 19.1 Å². The van der Waals surface area contributed by atoms with Gasteiger partial charge in [-0.3, -0.25) is 14.4 Å². The molecule has 160 valence electrons. The lowest BCUT2D eigenvalue weighted by Crippen LogP contribution is -2.34. The van der Waals surface area contributed by atoms with E-state index in [1.54, 1.807) is 44.4 Å². The number of methoxy groups -OCH3 is 1. The Hall–Kier alpha value is -3.55. The van der Waals surface area contributed by atoms with Crippen LogP contribution in [0.3, 0.4) is 0 Å². The summed E-state index contributed by atoms with van der Waals surface area (Å²) in [4.78, 5) is 35.4. The molecule has 0 unspecified atom stereocenters. The standard InChI is InChI=1S/C22H27N3O5/c1-4-20(26)23-11-12-24-22(28)16-6-8-17(9-7-16)25-21(27)14-30-18-10-5-15(2)13-19(18)29-3/h5-10,13H,4,11-12,14H2,1-3H3,(H,23,26)(H,24,28)(H,25,27). The molecule has 8 heteroatoms. The third-order valence-electron chi connectivity index (χ3n) is 4.16. The highest BCUT2D eigenvalue weighted by atomic mass is 16.5. The van der Waals surface area contributed by atoms with Crippen LogP contribution in [-0.2, 0) is 9.59 Å². The van der Waals surface area contributed by atoms with Gasteiger partial charge in [-0.15, -0.1) is 0 Å². The number of hydrogen-bond donors (Lipinski definition) is 3. The van der Waals surface area contributed by atoms with Crippen molar-refractivity contribution in [2.75, 3.05) is 32.1 Å². The van der Waals surface area contributed by atoms with Gasteiger partial charge in [-0.25, -0.2) is 0 Å². The molecule has 0 radical (unpaired) electrons. The van der Waals surface area contributed by atoms with Crippen LogP contribution in [0.25, 0.3) is 0 Å². The molecule has 0 spiro atoms. The van der Waals surface area contributed by atoms with E-state index in [0.717, 1.165) is 5.56 Å². The van der Waals surface area contributed by atoms with Gasteiger partial charge in [-0.1, -0.05) is 13.0 Å². The van der Waals surface area contributed by atoms with Gasteiger partial charge in [0, 0.05) is 30.8 Å². The second kappa shape index (κ2) is 11.5. The summed E-state index contributed by atoms with van der Waals surface area (Å²) in [7, 11) is 1.54. The van der Waals surface area contributed by atoms with Gasteiger partial charge in [-0.2, -0.15) is 0 Å². The van der Waals surface area contributed by atoms with Crippen molar-refractivity contribution in [2.45, 2.75) is 20.3 Å². The molecule has 0 atom stereocenters. The molecule has 0 aromatic heterocycles. The maximum absolute atomic E-state index is 12.1. The number of aryl methyl sites for hydroxylation is 1. The van der Waals surface area contributed by atoms with Crippen molar-refractivity contribution in [2.24, 2.45) is 0 Å². The number of rotatable bonds is 10. The molecule has 3 amide bonds. The zero-order chi connectivity index (χ0) is 21.9.